The summed E-state index contributed by atoms with van der Waals surface area (Å²) in [7, 11) is 0. The van der Waals surface area contributed by atoms with Crippen LogP contribution in [0.1, 0.15) is 18.1 Å². The minimum atomic E-state index is -0.355. The first kappa shape index (κ1) is 19.5. The molecule has 1 heterocycles. The molecule has 0 fully saturated rings. The molecule has 3 aromatic carbocycles. The number of carbonyl (C=O) groups excluding carboxylic acids is 1. The van der Waals surface area contributed by atoms with E-state index in [1.165, 1.54) is 0 Å². The predicted molar refractivity (Wildman–Crippen MR) is 122 cm³/mol. The maximum Gasteiger partial charge on any atom is 0.332 e. The maximum atomic E-state index is 12.4. The van der Waals surface area contributed by atoms with E-state index in [9.17, 15) is 4.79 Å². The molecule has 0 atom stereocenters. The fourth-order valence-electron chi connectivity index (χ4n) is 3.51. The van der Waals surface area contributed by atoms with E-state index in [1.807, 2.05) is 79.7 Å². The van der Waals surface area contributed by atoms with Gasteiger partial charge in [0.05, 0.1) is 18.0 Å². The molecule has 0 bridgehead atoms. The first-order valence-electron chi connectivity index (χ1n) is 10.0. The van der Waals surface area contributed by atoms with Crippen LogP contribution in [-0.2, 0) is 9.53 Å². The summed E-state index contributed by atoms with van der Waals surface area (Å²) in [5.41, 5.74) is 5.94. The van der Waals surface area contributed by atoms with E-state index in [-0.39, 0.29) is 5.97 Å². The van der Waals surface area contributed by atoms with Crippen molar-refractivity contribution in [3.8, 4) is 0 Å². The molecule has 1 aliphatic heterocycles. The number of allylic oxidation sites excluding steroid dienone is 3. The van der Waals surface area contributed by atoms with Gasteiger partial charge in [-0.15, -0.1) is 0 Å². The summed E-state index contributed by atoms with van der Waals surface area (Å²) < 4.78 is 5.22. The molecule has 1 aliphatic rings. The highest BCUT2D eigenvalue weighted by molar-refractivity contribution is 5.98. The van der Waals surface area contributed by atoms with Crippen LogP contribution in [0.25, 0.3) is 11.3 Å². The molecule has 3 aromatic rings. The van der Waals surface area contributed by atoms with E-state index in [0.29, 0.717) is 6.61 Å². The standard InChI is InChI=1S/C27H23NO2/c1-2-30-27(29)20-25-18-23(21-12-6-3-7-13-21)19-26(22-14-8-4-9-15-22)28(25)24-16-10-5-11-17-24/h3-20H,2H2,1H3. The van der Waals surface area contributed by atoms with Crippen molar-refractivity contribution in [1.82, 2.24) is 0 Å². The Hall–Kier alpha value is -3.85. The molecule has 148 valence electrons. The third-order valence-corrected chi connectivity index (χ3v) is 4.84. The van der Waals surface area contributed by atoms with Crippen molar-refractivity contribution in [1.29, 1.82) is 0 Å². The molecule has 0 saturated carbocycles. The largest absolute Gasteiger partial charge is 0.463 e. The molecule has 3 heteroatoms. The number of hydrogen-bond acceptors (Lipinski definition) is 3. The molecule has 0 spiro atoms. The Morgan fingerprint density at radius 3 is 1.97 bits per heavy atom. The normalized spacial score (nSPS) is 14.8. The molecular formula is C27H23NO2. The second-order valence-electron chi connectivity index (χ2n) is 6.85. The average molecular weight is 393 g/mol. The van der Waals surface area contributed by atoms with E-state index in [1.54, 1.807) is 6.08 Å². The maximum absolute atomic E-state index is 12.4. The zero-order valence-electron chi connectivity index (χ0n) is 16.9. The first-order chi connectivity index (χ1) is 14.8. The lowest BCUT2D eigenvalue weighted by Gasteiger charge is -2.32. The Kier molecular flexibility index (Phi) is 5.90. The topological polar surface area (TPSA) is 29.5 Å². The Morgan fingerprint density at radius 2 is 1.37 bits per heavy atom. The Labute approximate surface area is 177 Å². The minimum absolute atomic E-state index is 0.338. The van der Waals surface area contributed by atoms with Crippen molar-refractivity contribution < 1.29 is 9.53 Å². The van der Waals surface area contributed by atoms with Gasteiger partial charge in [-0.25, -0.2) is 4.79 Å². The van der Waals surface area contributed by atoms with Crippen LogP contribution in [0.4, 0.5) is 5.69 Å². The number of ether oxygens (including phenoxy) is 1. The van der Waals surface area contributed by atoms with Crippen molar-refractivity contribution in [3.05, 3.63) is 126 Å². The summed E-state index contributed by atoms with van der Waals surface area (Å²) in [6.07, 6.45) is 5.77. The SMILES string of the molecule is CCOC(=O)C=C1C=C(c2ccccc2)C=C(c2ccccc2)N1c1ccccc1. The van der Waals surface area contributed by atoms with E-state index < -0.39 is 0 Å². The van der Waals surface area contributed by atoms with Gasteiger partial charge in [0, 0.05) is 11.8 Å². The van der Waals surface area contributed by atoms with Crippen LogP contribution >= 0.6 is 0 Å². The highest BCUT2D eigenvalue weighted by Crippen LogP contribution is 2.38. The summed E-state index contributed by atoms with van der Waals surface area (Å²) in [5.74, 6) is -0.355. The fourth-order valence-corrected chi connectivity index (χ4v) is 3.51. The lowest BCUT2D eigenvalue weighted by Crippen LogP contribution is -2.24. The van der Waals surface area contributed by atoms with Gasteiger partial charge in [-0.05, 0) is 47.9 Å². The van der Waals surface area contributed by atoms with Crippen LogP contribution in [-0.4, -0.2) is 12.6 Å². The van der Waals surface area contributed by atoms with Gasteiger partial charge in [0.1, 0.15) is 0 Å². The highest BCUT2D eigenvalue weighted by Gasteiger charge is 2.23. The number of benzene rings is 3. The van der Waals surface area contributed by atoms with E-state index in [0.717, 1.165) is 33.8 Å². The molecule has 0 saturated heterocycles. The monoisotopic (exact) mass is 393 g/mol. The van der Waals surface area contributed by atoms with Gasteiger partial charge >= 0.3 is 5.97 Å². The number of anilines is 1. The molecule has 0 amide bonds. The fraction of sp³-hybridized carbons (Fsp3) is 0.0741. The molecule has 4 rings (SSSR count). The quantitative estimate of drug-likeness (QED) is 0.389. The van der Waals surface area contributed by atoms with E-state index in [4.69, 9.17) is 4.74 Å². The predicted octanol–water partition coefficient (Wildman–Crippen LogP) is 6.08. The summed E-state index contributed by atoms with van der Waals surface area (Å²) >= 11 is 0. The summed E-state index contributed by atoms with van der Waals surface area (Å²) in [4.78, 5) is 14.5. The van der Waals surface area contributed by atoms with Gasteiger partial charge < -0.3 is 9.64 Å². The molecule has 0 aromatic heterocycles. The van der Waals surface area contributed by atoms with Crippen LogP contribution in [0.3, 0.4) is 0 Å². The van der Waals surface area contributed by atoms with Crippen molar-refractivity contribution in [2.75, 3.05) is 11.5 Å². The third kappa shape index (κ3) is 4.26. The van der Waals surface area contributed by atoms with Crippen molar-refractivity contribution in [2.45, 2.75) is 6.92 Å². The van der Waals surface area contributed by atoms with Crippen molar-refractivity contribution in [2.24, 2.45) is 0 Å². The van der Waals surface area contributed by atoms with Gasteiger partial charge in [-0.1, -0.05) is 78.9 Å². The number of carbonyl (C=O) groups is 1. The van der Waals surface area contributed by atoms with Crippen molar-refractivity contribution in [3.63, 3.8) is 0 Å². The molecule has 0 radical (unpaired) electrons. The van der Waals surface area contributed by atoms with Gasteiger partial charge in [0.2, 0.25) is 0 Å². The molecule has 0 N–H and O–H groups in total. The van der Waals surface area contributed by atoms with Crippen LogP contribution in [0.2, 0.25) is 0 Å². The van der Waals surface area contributed by atoms with Gasteiger partial charge in [0.15, 0.2) is 0 Å². The lowest BCUT2D eigenvalue weighted by molar-refractivity contribution is -0.137. The second kappa shape index (κ2) is 9.10. The summed E-state index contributed by atoms with van der Waals surface area (Å²) in [6, 6.07) is 30.5. The number of rotatable bonds is 5. The van der Waals surface area contributed by atoms with E-state index in [2.05, 4.69) is 35.2 Å². The number of para-hydroxylation sites is 1. The molecule has 0 aliphatic carbocycles. The second-order valence-corrected chi connectivity index (χ2v) is 6.85. The summed E-state index contributed by atoms with van der Waals surface area (Å²) in [5, 5.41) is 0. The lowest BCUT2D eigenvalue weighted by atomic mass is 9.96. The Bertz CT molecular complexity index is 1100. The van der Waals surface area contributed by atoms with E-state index >= 15 is 0 Å². The van der Waals surface area contributed by atoms with Crippen molar-refractivity contribution >= 4 is 22.9 Å². The highest BCUT2D eigenvalue weighted by atomic mass is 16.5. The first-order valence-corrected chi connectivity index (χ1v) is 10.0. The zero-order chi connectivity index (χ0) is 20.8. The van der Waals surface area contributed by atoms with Crippen LogP contribution in [0.5, 0.6) is 0 Å². The smallest absolute Gasteiger partial charge is 0.332 e. The van der Waals surface area contributed by atoms with Gasteiger partial charge in [0.25, 0.3) is 0 Å². The van der Waals surface area contributed by atoms with Crippen LogP contribution in [0.15, 0.2) is 115 Å². The van der Waals surface area contributed by atoms with Crippen LogP contribution in [0, 0.1) is 0 Å². The van der Waals surface area contributed by atoms with Crippen LogP contribution < -0.4 is 4.90 Å². The van der Waals surface area contributed by atoms with Gasteiger partial charge in [-0.2, -0.15) is 0 Å². The number of hydrogen-bond donors (Lipinski definition) is 0. The summed E-state index contributed by atoms with van der Waals surface area (Å²) in [6.45, 7) is 2.15. The Morgan fingerprint density at radius 1 is 0.800 bits per heavy atom. The number of nitrogens with zero attached hydrogens (tertiary/aromatic N) is 1. The molecular weight excluding hydrogens is 370 g/mol. The third-order valence-electron chi connectivity index (χ3n) is 4.84. The van der Waals surface area contributed by atoms with Gasteiger partial charge in [-0.3, -0.25) is 0 Å². The minimum Gasteiger partial charge on any atom is -0.463 e. The molecule has 0 unspecified atom stereocenters. The zero-order valence-corrected chi connectivity index (χ0v) is 16.9. The number of esters is 1. The Balaban J connectivity index is 1.92. The average Bonchev–Trinajstić information content (AvgIpc) is 2.80. The molecule has 3 nitrogen and oxygen atoms in total. The molecule has 30 heavy (non-hydrogen) atoms.